The molecule has 2 rings (SSSR count). The predicted octanol–water partition coefficient (Wildman–Crippen LogP) is 6.33. The zero-order valence-corrected chi connectivity index (χ0v) is 17.6. The monoisotopic (exact) mass is 382 g/mol. The van der Waals surface area contributed by atoms with Crippen LogP contribution in [0.15, 0.2) is 30.5 Å². The number of nitrogens with zero attached hydrogens (tertiary/aromatic N) is 2. The van der Waals surface area contributed by atoms with Crippen molar-refractivity contribution in [1.82, 2.24) is 9.97 Å². The summed E-state index contributed by atoms with van der Waals surface area (Å²) in [4.78, 5) is 19.8. The van der Waals surface area contributed by atoms with E-state index < -0.39 is 5.97 Å². The summed E-state index contributed by atoms with van der Waals surface area (Å²) in [6.45, 7) is 6.69. The smallest absolute Gasteiger partial charge is 0.373 e. The third-order valence-corrected chi connectivity index (χ3v) is 5.36. The van der Waals surface area contributed by atoms with Gasteiger partial charge in [-0.05, 0) is 36.3 Å². The van der Waals surface area contributed by atoms with Crippen LogP contribution in [0, 0.1) is 5.92 Å². The molecular weight excluding hydrogens is 348 g/mol. The Labute approximate surface area is 169 Å². The number of hydrogen-bond donors (Lipinski definition) is 1. The molecule has 0 aliphatic rings. The molecule has 0 spiro atoms. The summed E-state index contributed by atoms with van der Waals surface area (Å²) in [7, 11) is 0. The molecule has 4 nitrogen and oxygen atoms in total. The zero-order valence-electron chi connectivity index (χ0n) is 17.6. The number of aryl methyl sites for hydroxylation is 1. The van der Waals surface area contributed by atoms with E-state index in [0.717, 1.165) is 42.5 Å². The summed E-state index contributed by atoms with van der Waals surface area (Å²) in [5.41, 5.74) is 4.08. The van der Waals surface area contributed by atoms with Crippen molar-refractivity contribution in [2.45, 2.75) is 78.6 Å². The summed E-state index contributed by atoms with van der Waals surface area (Å²) in [5, 5.41) is 9.29. The first-order chi connectivity index (χ1) is 13.5. The van der Waals surface area contributed by atoms with Crippen molar-refractivity contribution in [3.8, 4) is 11.3 Å². The van der Waals surface area contributed by atoms with Gasteiger partial charge in [0.1, 0.15) is 0 Å². The molecule has 28 heavy (non-hydrogen) atoms. The normalized spacial score (nSPS) is 12.1. The quantitative estimate of drug-likeness (QED) is 0.435. The molecule has 1 aromatic carbocycles. The molecule has 0 bridgehead atoms. The molecule has 0 amide bonds. The first kappa shape index (κ1) is 22.1. The molecule has 4 heteroatoms. The average molecular weight is 383 g/mol. The van der Waals surface area contributed by atoms with Crippen LogP contribution in [0.25, 0.3) is 11.3 Å². The van der Waals surface area contributed by atoms with Crippen LogP contribution in [0.1, 0.15) is 87.5 Å². The fourth-order valence-corrected chi connectivity index (χ4v) is 3.38. The topological polar surface area (TPSA) is 63.1 Å². The van der Waals surface area contributed by atoms with Crippen molar-refractivity contribution in [2.75, 3.05) is 0 Å². The molecule has 1 aromatic heterocycles. The number of unbranched alkanes of at least 4 members (excludes halogenated alkanes) is 5. The standard InChI is InChI=1S/C24H34N2O2/c1-4-6-7-8-9-10-11-21-17-25-23(24(27)28)26-22(21)20-14-12-19(13-15-20)16-18(3)5-2/h12-15,17-18H,4-11,16H2,1-3H3,(H,27,28)/t18-/m0/s1. The van der Waals surface area contributed by atoms with E-state index in [9.17, 15) is 9.90 Å². The Hall–Kier alpha value is -2.23. The highest BCUT2D eigenvalue weighted by atomic mass is 16.4. The van der Waals surface area contributed by atoms with Crippen molar-refractivity contribution in [3.05, 3.63) is 47.4 Å². The molecule has 0 aliphatic carbocycles. The largest absolute Gasteiger partial charge is 0.475 e. The van der Waals surface area contributed by atoms with Gasteiger partial charge in [-0.1, -0.05) is 83.6 Å². The lowest BCUT2D eigenvalue weighted by atomic mass is 9.96. The Morgan fingerprint density at radius 1 is 1.04 bits per heavy atom. The van der Waals surface area contributed by atoms with Gasteiger partial charge in [0, 0.05) is 11.8 Å². The molecule has 0 unspecified atom stereocenters. The highest BCUT2D eigenvalue weighted by molar-refractivity contribution is 5.84. The minimum atomic E-state index is -1.08. The van der Waals surface area contributed by atoms with E-state index in [-0.39, 0.29) is 5.82 Å². The fourth-order valence-electron chi connectivity index (χ4n) is 3.38. The third kappa shape index (κ3) is 6.74. The first-order valence-electron chi connectivity index (χ1n) is 10.7. The summed E-state index contributed by atoms with van der Waals surface area (Å²) >= 11 is 0. The molecule has 0 aliphatic heterocycles. The van der Waals surface area contributed by atoms with E-state index in [4.69, 9.17) is 0 Å². The van der Waals surface area contributed by atoms with Crippen LogP contribution in [-0.2, 0) is 12.8 Å². The van der Waals surface area contributed by atoms with Crippen LogP contribution < -0.4 is 0 Å². The van der Waals surface area contributed by atoms with Crippen molar-refractivity contribution in [2.24, 2.45) is 5.92 Å². The van der Waals surface area contributed by atoms with Crippen LogP contribution in [0.5, 0.6) is 0 Å². The number of carbonyl (C=O) groups is 1. The van der Waals surface area contributed by atoms with Gasteiger partial charge in [-0.15, -0.1) is 0 Å². The van der Waals surface area contributed by atoms with E-state index in [0.29, 0.717) is 5.92 Å². The molecule has 0 saturated heterocycles. The SMILES string of the molecule is CCCCCCCCc1cnc(C(=O)O)nc1-c1ccc(C[C@@H](C)CC)cc1. The highest BCUT2D eigenvalue weighted by Crippen LogP contribution is 2.24. The van der Waals surface area contributed by atoms with E-state index in [1.807, 2.05) is 0 Å². The van der Waals surface area contributed by atoms with Crippen LogP contribution >= 0.6 is 0 Å². The summed E-state index contributed by atoms with van der Waals surface area (Å²) < 4.78 is 0. The highest BCUT2D eigenvalue weighted by Gasteiger charge is 2.14. The molecule has 1 N–H and O–H groups in total. The van der Waals surface area contributed by atoms with Gasteiger partial charge in [0.25, 0.3) is 0 Å². The summed E-state index contributed by atoms with van der Waals surface area (Å²) in [5.74, 6) is -0.557. The van der Waals surface area contributed by atoms with Gasteiger partial charge in [0.2, 0.25) is 5.82 Å². The predicted molar refractivity (Wildman–Crippen MR) is 115 cm³/mol. The van der Waals surface area contributed by atoms with Gasteiger partial charge < -0.3 is 5.11 Å². The van der Waals surface area contributed by atoms with Gasteiger partial charge in [0.05, 0.1) is 5.69 Å². The molecule has 1 heterocycles. The molecule has 1 atom stereocenters. The zero-order chi connectivity index (χ0) is 20.4. The van der Waals surface area contributed by atoms with Gasteiger partial charge >= 0.3 is 5.97 Å². The summed E-state index contributed by atoms with van der Waals surface area (Å²) in [6.07, 6.45) is 12.2. The number of carboxylic acid groups (broad SMARTS) is 1. The van der Waals surface area contributed by atoms with Gasteiger partial charge in [0.15, 0.2) is 0 Å². The van der Waals surface area contributed by atoms with E-state index in [1.54, 1.807) is 6.20 Å². The Kier molecular flexibility index (Phi) is 9.12. The van der Waals surface area contributed by atoms with Gasteiger partial charge in [-0.3, -0.25) is 0 Å². The number of aromatic nitrogens is 2. The molecule has 0 radical (unpaired) electrons. The number of benzene rings is 1. The lowest BCUT2D eigenvalue weighted by Crippen LogP contribution is -2.07. The summed E-state index contributed by atoms with van der Waals surface area (Å²) in [6, 6.07) is 8.41. The van der Waals surface area contributed by atoms with Crippen molar-refractivity contribution >= 4 is 5.97 Å². The van der Waals surface area contributed by atoms with Crippen LogP contribution in [0.2, 0.25) is 0 Å². The number of aromatic carboxylic acids is 1. The van der Waals surface area contributed by atoms with Crippen molar-refractivity contribution < 1.29 is 9.90 Å². The number of hydrogen-bond acceptors (Lipinski definition) is 3. The van der Waals surface area contributed by atoms with Crippen LogP contribution in [0.3, 0.4) is 0 Å². The maximum Gasteiger partial charge on any atom is 0.373 e. The Bertz CT molecular complexity index is 741. The molecular formula is C24H34N2O2. The third-order valence-electron chi connectivity index (χ3n) is 5.36. The number of carboxylic acids is 1. The Balaban J connectivity index is 2.15. The van der Waals surface area contributed by atoms with Crippen molar-refractivity contribution in [1.29, 1.82) is 0 Å². The van der Waals surface area contributed by atoms with Gasteiger partial charge in [-0.25, -0.2) is 14.8 Å². The minimum Gasteiger partial charge on any atom is -0.475 e. The second kappa shape index (κ2) is 11.6. The lowest BCUT2D eigenvalue weighted by molar-refractivity contribution is 0.0683. The van der Waals surface area contributed by atoms with Crippen LogP contribution in [0.4, 0.5) is 0 Å². The second-order valence-corrected chi connectivity index (χ2v) is 7.80. The van der Waals surface area contributed by atoms with Crippen molar-refractivity contribution in [3.63, 3.8) is 0 Å². The number of rotatable bonds is 12. The van der Waals surface area contributed by atoms with E-state index in [2.05, 4.69) is 55.0 Å². The first-order valence-corrected chi connectivity index (χ1v) is 10.7. The molecule has 2 aromatic rings. The fraction of sp³-hybridized carbons (Fsp3) is 0.542. The Morgan fingerprint density at radius 2 is 1.71 bits per heavy atom. The lowest BCUT2D eigenvalue weighted by Gasteiger charge is -2.12. The maximum atomic E-state index is 11.3. The molecule has 152 valence electrons. The average Bonchev–Trinajstić information content (AvgIpc) is 2.71. The van der Waals surface area contributed by atoms with Gasteiger partial charge in [-0.2, -0.15) is 0 Å². The van der Waals surface area contributed by atoms with E-state index >= 15 is 0 Å². The molecule has 0 fully saturated rings. The van der Waals surface area contributed by atoms with E-state index in [1.165, 1.54) is 37.7 Å². The van der Waals surface area contributed by atoms with Crippen LogP contribution in [-0.4, -0.2) is 21.0 Å². The Morgan fingerprint density at radius 3 is 2.36 bits per heavy atom. The minimum absolute atomic E-state index is 0.134. The molecule has 0 saturated carbocycles. The second-order valence-electron chi connectivity index (χ2n) is 7.80. The maximum absolute atomic E-state index is 11.3.